The maximum Gasteiger partial charge on any atom is 0.264 e. The van der Waals surface area contributed by atoms with Crippen molar-refractivity contribution in [2.45, 2.75) is 75.8 Å². The molecule has 0 radical (unpaired) electrons. The minimum Gasteiger partial charge on any atom is -0.497 e. The van der Waals surface area contributed by atoms with Crippen LogP contribution in [0.5, 0.6) is 5.75 Å². The number of hydrogen-bond acceptors (Lipinski definition) is 5. The highest BCUT2D eigenvalue weighted by Crippen LogP contribution is 2.28. The lowest BCUT2D eigenvalue weighted by Gasteiger charge is -2.34. The number of hydrogen-bond donors (Lipinski definition) is 1. The molecular weight excluding hydrogens is 562 g/mol. The molecule has 8 nitrogen and oxygen atoms in total. The summed E-state index contributed by atoms with van der Waals surface area (Å²) in [7, 11) is -2.63. The van der Waals surface area contributed by atoms with Crippen LogP contribution in [0.4, 0.5) is 5.69 Å². The second-order valence-electron chi connectivity index (χ2n) is 11.1. The lowest BCUT2D eigenvalue weighted by atomic mass is 9.95. The van der Waals surface area contributed by atoms with Crippen molar-refractivity contribution in [1.82, 2.24) is 10.2 Å². The number of sulfonamides is 1. The molecule has 9 heteroatoms. The Kier molecular flexibility index (Phi) is 11.2. The monoisotopic (exact) mass is 605 g/mol. The molecule has 4 rings (SSSR count). The second-order valence-corrected chi connectivity index (χ2v) is 13.0. The number of methoxy groups -OCH3 is 1. The van der Waals surface area contributed by atoms with Crippen LogP contribution in [0, 0.1) is 6.92 Å². The van der Waals surface area contributed by atoms with Gasteiger partial charge in [-0.05, 0) is 62.4 Å². The minimum absolute atomic E-state index is 0.0756. The fraction of sp³-hybridized carbons (Fsp3) is 0.412. The van der Waals surface area contributed by atoms with Crippen molar-refractivity contribution < 1.29 is 22.7 Å². The van der Waals surface area contributed by atoms with Gasteiger partial charge in [-0.1, -0.05) is 80.3 Å². The first kappa shape index (κ1) is 32.1. The van der Waals surface area contributed by atoms with Crippen LogP contribution in [-0.2, 0) is 26.0 Å². The van der Waals surface area contributed by atoms with E-state index in [4.69, 9.17) is 4.74 Å². The summed E-state index contributed by atoms with van der Waals surface area (Å²) >= 11 is 0. The predicted octanol–water partition coefficient (Wildman–Crippen LogP) is 5.50. The van der Waals surface area contributed by atoms with Crippen molar-refractivity contribution >= 4 is 27.5 Å². The van der Waals surface area contributed by atoms with Gasteiger partial charge in [-0.2, -0.15) is 0 Å². The largest absolute Gasteiger partial charge is 0.497 e. The molecule has 0 unspecified atom stereocenters. The highest BCUT2D eigenvalue weighted by atomic mass is 32.2. The number of nitrogens with zero attached hydrogens (tertiary/aromatic N) is 2. The van der Waals surface area contributed by atoms with E-state index in [1.54, 1.807) is 53.4 Å². The van der Waals surface area contributed by atoms with Crippen LogP contribution in [0.15, 0.2) is 83.8 Å². The zero-order valence-corrected chi connectivity index (χ0v) is 26.2. The van der Waals surface area contributed by atoms with Gasteiger partial charge in [0.25, 0.3) is 10.0 Å². The smallest absolute Gasteiger partial charge is 0.264 e. The molecule has 1 N–H and O–H groups in total. The number of benzene rings is 3. The van der Waals surface area contributed by atoms with Gasteiger partial charge in [0.15, 0.2) is 0 Å². The van der Waals surface area contributed by atoms with E-state index in [1.165, 1.54) is 13.5 Å². The van der Waals surface area contributed by atoms with E-state index in [0.29, 0.717) is 24.3 Å². The molecule has 3 aromatic rings. The number of carbonyl (C=O) groups excluding carboxylic acids is 2. The third-order valence-corrected chi connectivity index (χ3v) is 9.84. The molecule has 1 fully saturated rings. The van der Waals surface area contributed by atoms with Gasteiger partial charge in [0.05, 0.1) is 17.7 Å². The summed E-state index contributed by atoms with van der Waals surface area (Å²) in [5.41, 5.74) is 2.25. The predicted molar refractivity (Wildman–Crippen MR) is 170 cm³/mol. The number of ether oxygens (including phenoxy) is 1. The molecular formula is C34H43N3O5S. The van der Waals surface area contributed by atoms with E-state index in [9.17, 15) is 18.0 Å². The Morgan fingerprint density at radius 2 is 1.65 bits per heavy atom. The summed E-state index contributed by atoms with van der Waals surface area (Å²) in [4.78, 5) is 29.5. The fourth-order valence-electron chi connectivity index (χ4n) is 5.57. The number of rotatable bonds is 13. The molecule has 1 aliphatic carbocycles. The van der Waals surface area contributed by atoms with Gasteiger partial charge >= 0.3 is 0 Å². The van der Waals surface area contributed by atoms with E-state index in [1.807, 2.05) is 44.2 Å². The fourth-order valence-corrected chi connectivity index (χ4v) is 6.98. The van der Waals surface area contributed by atoms with Crippen LogP contribution in [0.1, 0.15) is 56.6 Å². The second kappa shape index (κ2) is 15.0. The first-order chi connectivity index (χ1) is 20.7. The van der Waals surface area contributed by atoms with Crippen LogP contribution in [0.2, 0.25) is 0 Å². The Morgan fingerprint density at radius 3 is 2.30 bits per heavy atom. The maximum atomic E-state index is 14.2. The molecule has 43 heavy (non-hydrogen) atoms. The molecule has 2 amide bonds. The van der Waals surface area contributed by atoms with Gasteiger partial charge in [-0.3, -0.25) is 13.9 Å². The maximum absolute atomic E-state index is 14.2. The first-order valence-electron chi connectivity index (χ1n) is 15.1. The van der Waals surface area contributed by atoms with Crippen LogP contribution in [-0.4, -0.2) is 57.4 Å². The number of aryl methyl sites for hydroxylation is 1. The Bertz CT molecular complexity index is 1450. The van der Waals surface area contributed by atoms with E-state index in [-0.39, 0.29) is 23.4 Å². The van der Waals surface area contributed by atoms with E-state index >= 15 is 0 Å². The summed E-state index contributed by atoms with van der Waals surface area (Å²) in [5.74, 6) is -0.168. The molecule has 0 heterocycles. The lowest BCUT2D eigenvalue weighted by molar-refractivity contribution is -0.140. The van der Waals surface area contributed by atoms with Gasteiger partial charge in [0.1, 0.15) is 18.3 Å². The third-order valence-electron chi connectivity index (χ3n) is 8.05. The molecule has 230 valence electrons. The molecule has 1 aliphatic rings. The van der Waals surface area contributed by atoms with Crippen molar-refractivity contribution in [2.24, 2.45) is 0 Å². The van der Waals surface area contributed by atoms with Crippen molar-refractivity contribution in [1.29, 1.82) is 0 Å². The average molecular weight is 606 g/mol. The molecule has 3 aromatic carbocycles. The molecule has 0 bridgehead atoms. The van der Waals surface area contributed by atoms with Gasteiger partial charge in [-0.25, -0.2) is 8.42 Å². The SMILES string of the molecule is CC[C@H](C(=O)NC1CCCCC1)N(CCc1ccccc1)C(=O)CN(c1cccc(OC)c1)S(=O)(=O)c1ccc(C)cc1. The van der Waals surface area contributed by atoms with E-state index < -0.39 is 28.5 Å². The van der Waals surface area contributed by atoms with Gasteiger partial charge in [0.2, 0.25) is 11.8 Å². The molecule has 0 aliphatic heterocycles. The van der Waals surface area contributed by atoms with Crippen LogP contribution in [0.25, 0.3) is 0 Å². The Hall–Kier alpha value is -3.85. The molecule has 0 spiro atoms. The number of amides is 2. The minimum atomic E-state index is -4.14. The summed E-state index contributed by atoms with van der Waals surface area (Å²) in [5, 5.41) is 3.18. The number of carbonyl (C=O) groups is 2. The highest BCUT2D eigenvalue weighted by Gasteiger charge is 2.34. The number of nitrogens with one attached hydrogen (secondary N) is 1. The Labute approximate surface area is 256 Å². The summed E-state index contributed by atoms with van der Waals surface area (Å²) in [6.07, 6.45) is 6.11. The van der Waals surface area contributed by atoms with Gasteiger partial charge in [0, 0.05) is 18.7 Å². The van der Waals surface area contributed by atoms with Crippen molar-refractivity contribution in [2.75, 3.05) is 24.5 Å². The third kappa shape index (κ3) is 8.38. The molecule has 0 saturated heterocycles. The lowest BCUT2D eigenvalue weighted by Crippen LogP contribution is -2.54. The van der Waals surface area contributed by atoms with Crippen molar-refractivity contribution in [3.63, 3.8) is 0 Å². The van der Waals surface area contributed by atoms with E-state index in [2.05, 4.69) is 5.32 Å². The number of anilines is 1. The normalized spacial score (nSPS) is 14.5. The zero-order valence-electron chi connectivity index (χ0n) is 25.4. The molecule has 1 saturated carbocycles. The molecule has 1 atom stereocenters. The average Bonchev–Trinajstić information content (AvgIpc) is 3.02. The van der Waals surface area contributed by atoms with Crippen LogP contribution in [0.3, 0.4) is 0 Å². The van der Waals surface area contributed by atoms with Crippen molar-refractivity contribution in [3.8, 4) is 5.75 Å². The first-order valence-corrected chi connectivity index (χ1v) is 16.5. The zero-order chi connectivity index (χ0) is 30.8. The Morgan fingerprint density at radius 1 is 0.953 bits per heavy atom. The van der Waals surface area contributed by atoms with Crippen LogP contribution >= 0.6 is 0 Å². The standard InChI is InChI=1S/C34H43N3O5S/c1-4-32(34(39)35-28-14-9-6-10-15-28)36(23-22-27-12-7-5-8-13-27)33(38)25-37(29-16-11-17-30(24-29)42-3)43(40,41)31-20-18-26(2)19-21-31/h5,7-8,11-13,16-21,24,28,32H,4,6,9-10,14-15,22-23,25H2,1-3H3,(H,35,39)/t32-/m1/s1. The quantitative estimate of drug-likeness (QED) is 0.278. The highest BCUT2D eigenvalue weighted by molar-refractivity contribution is 7.92. The summed E-state index contributed by atoms with van der Waals surface area (Å²) in [6, 6.07) is 22.3. The van der Waals surface area contributed by atoms with Gasteiger partial charge in [-0.15, -0.1) is 0 Å². The van der Waals surface area contributed by atoms with Crippen molar-refractivity contribution in [3.05, 3.63) is 90.0 Å². The topological polar surface area (TPSA) is 96.0 Å². The Balaban J connectivity index is 1.68. The van der Waals surface area contributed by atoms with E-state index in [0.717, 1.165) is 41.1 Å². The summed E-state index contributed by atoms with van der Waals surface area (Å²) in [6.45, 7) is 3.58. The molecule has 0 aromatic heterocycles. The van der Waals surface area contributed by atoms with Gasteiger partial charge < -0.3 is 15.0 Å². The van der Waals surface area contributed by atoms with Crippen LogP contribution < -0.4 is 14.4 Å². The summed E-state index contributed by atoms with van der Waals surface area (Å²) < 4.78 is 34.6.